The second kappa shape index (κ2) is 6.41. The molecule has 0 radical (unpaired) electrons. The summed E-state index contributed by atoms with van der Waals surface area (Å²) in [7, 11) is 0. The van der Waals surface area contributed by atoms with Gasteiger partial charge in [-0.3, -0.25) is 0 Å². The highest BCUT2D eigenvalue weighted by molar-refractivity contribution is 5.28. The number of hydrogen-bond acceptors (Lipinski definition) is 5. The van der Waals surface area contributed by atoms with Crippen molar-refractivity contribution >= 4 is 0 Å². The molecule has 0 saturated heterocycles. The van der Waals surface area contributed by atoms with Gasteiger partial charge in [0.2, 0.25) is 0 Å². The Balaban J connectivity index is 1.53. The number of rotatable bonds is 1. The molecule has 5 nitrogen and oxygen atoms in total. The molecule has 160 valence electrons. The van der Waals surface area contributed by atoms with Gasteiger partial charge in [-0.1, -0.05) is 13.8 Å². The van der Waals surface area contributed by atoms with Crippen molar-refractivity contribution in [2.75, 3.05) is 0 Å². The number of aliphatic hydroxyl groups excluding tert-OH is 2. The number of fused-ring (bicyclic) bond motifs is 5. The van der Waals surface area contributed by atoms with Crippen molar-refractivity contribution in [2.45, 2.75) is 88.9 Å². The van der Waals surface area contributed by atoms with Gasteiger partial charge in [-0.25, -0.2) is 4.79 Å². The average molecular weight is 403 g/mol. The van der Waals surface area contributed by atoms with Crippen molar-refractivity contribution < 1.29 is 19.7 Å². The fourth-order valence-electron chi connectivity index (χ4n) is 8.29. The lowest BCUT2D eigenvalue weighted by molar-refractivity contribution is -0.241. The number of hydrogen-bond donors (Lipinski definition) is 3. The van der Waals surface area contributed by atoms with E-state index in [0.717, 1.165) is 44.1 Å². The van der Waals surface area contributed by atoms with E-state index in [9.17, 15) is 20.1 Å². The summed E-state index contributed by atoms with van der Waals surface area (Å²) in [5.74, 6) is 0.919. The van der Waals surface area contributed by atoms with Crippen molar-refractivity contribution in [3.63, 3.8) is 0 Å². The predicted molar refractivity (Wildman–Crippen MR) is 108 cm³/mol. The molecular formula is C24H34O5. The Labute approximate surface area is 172 Å². The van der Waals surface area contributed by atoms with Crippen LogP contribution in [0.15, 0.2) is 27.6 Å². The molecule has 0 bridgehead atoms. The van der Waals surface area contributed by atoms with Gasteiger partial charge in [0, 0.05) is 11.5 Å². The van der Waals surface area contributed by atoms with Gasteiger partial charge in [0.15, 0.2) is 0 Å². The maximum absolute atomic E-state index is 12.2. The van der Waals surface area contributed by atoms with Crippen LogP contribution >= 0.6 is 0 Å². The minimum Gasteiger partial charge on any atom is -0.431 e. The van der Waals surface area contributed by atoms with E-state index >= 15 is 0 Å². The summed E-state index contributed by atoms with van der Waals surface area (Å²) in [6, 6.07) is 3.24. The zero-order valence-corrected chi connectivity index (χ0v) is 17.5. The smallest absolute Gasteiger partial charge is 0.335 e. The van der Waals surface area contributed by atoms with Gasteiger partial charge in [0.1, 0.15) is 0 Å². The van der Waals surface area contributed by atoms with E-state index in [1.807, 2.05) is 0 Å². The largest absolute Gasteiger partial charge is 0.431 e. The molecule has 1 heterocycles. The maximum atomic E-state index is 12.2. The molecule has 4 fully saturated rings. The third kappa shape index (κ3) is 2.53. The molecule has 0 spiro atoms. The molecule has 1 aromatic rings. The van der Waals surface area contributed by atoms with Crippen molar-refractivity contribution in [1.82, 2.24) is 0 Å². The minimum absolute atomic E-state index is 0.0218. The van der Waals surface area contributed by atoms with Crippen LogP contribution in [0.25, 0.3) is 0 Å². The van der Waals surface area contributed by atoms with Crippen molar-refractivity contribution in [2.24, 2.45) is 28.6 Å². The lowest BCUT2D eigenvalue weighted by Crippen LogP contribution is -2.66. The summed E-state index contributed by atoms with van der Waals surface area (Å²) >= 11 is 0. The maximum Gasteiger partial charge on any atom is 0.335 e. The molecule has 4 saturated carbocycles. The van der Waals surface area contributed by atoms with Crippen LogP contribution in [0.1, 0.15) is 76.7 Å². The minimum atomic E-state index is -0.916. The van der Waals surface area contributed by atoms with Gasteiger partial charge in [0.25, 0.3) is 0 Å². The topological polar surface area (TPSA) is 90.9 Å². The summed E-state index contributed by atoms with van der Waals surface area (Å²) in [6.45, 7) is 4.40. The van der Waals surface area contributed by atoms with E-state index in [2.05, 4.69) is 13.8 Å². The Kier molecular flexibility index (Phi) is 4.37. The molecule has 4 aliphatic carbocycles. The van der Waals surface area contributed by atoms with Crippen LogP contribution < -0.4 is 5.63 Å². The Bertz CT molecular complexity index is 829. The summed E-state index contributed by atoms with van der Waals surface area (Å²) in [5.41, 5.74) is -0.952. The summed E-state index contributed by atoms with van der Waals surface area (Å²) in [5, 5.41) is 33.9. The first-order valence-electron chi connectivity index (χ1n) is 11.4. The Morgan fingerprint density at radius 2 is 1.79 bits per heavy atom. The molecule has 0 amide bonds. The Hall–Kier alpha value is -1.17. The van der Waals surface area contributed by atoms with E-state index < -0.39 is 17.1 Å². The predicted octanol–water partition coefficient (Wildman–Crippen LogP) is 3.21. The van der Waals surface area contributed by atoms with Crippen molar-refractivity contribution in [3.8, 4) is 0 Å². The highest BCUT2D eigenvalue weighted by Crippen LogP contribution is 2.70. The molecule has 0 aromatic carbocycles. The second-order valence-electron chi connectivity index (χ2n) is 10.9. The average Bonchev–Trinajstić information content (AvgIpc) is 2.97. The highest BCUT2D eigenvalue weighted by atomic mass is 16.4. The first kappa shape index (κ1) is 19.8. The third-order valence-electron chi connectivity index (χ3n) is 10.0. The standard InChI is InChI=1S/C24H34O5/c1-22-9-7-16(25)11-15(22)4-5-18-19(22)12-20(26)23(2)17(8-10-24(18,23)28)14-3-6-21(27)29-13-14/h3,6,13,15-20,25-26,28H,4-5,7-12H2,1-2H3/t15-,16+,17-,18?,19?,20-,22+,23+,24+/m1/s1. The fourth-order valence-corrected chi connectivity index (χ4v) is 8.29. The monoisotopic (exact) mass is 402 g/mol. The van der Waals surface area contributed by atoms with Crippen LogP contribution in [0.2, 0.25) is 0 Å². The second-order valence-corrected chi connectivity index (χ2v) is 10.9. The SMILES string of the molecule is C[C@]12[C@H](O)CC3C(CC[C@@H]4C[C@@H](O)CC[C@]34C)[C@@]1(O)CC[C@@H]2c1ccc(=O)oc1. The lowest BCUT2D eigenvalue weighted by atomic mass is 9.42. The van der Waals surface area contributed by atoms with Crippen molar-refractivity contribution in [3.05, 3.63) is 34.4 Å². The molecule has 4 aliphatic rings. The first-order valence-corrected chi connectivity index (χ1v) is 11.4. The zero-order chi connectivity index (χ0) is 20.6. The van der Waals surface area contributed by atoms with Crippen LogP contribution in [0, 0.1) is 28.6 Å². The number of aliphatic hydroxyl groups is 3. The fraction of sp³-hybridized carbons (Fsp3) is 0.792. The quantitative estimate of drug-likeness (QED) is 0.671. The molecule has 2 unspecified atom stereocenters. The summed E-state index contributed by atoms with van der Waals surface area (Å²) in [6.07, 6.45) is 7.57. The van der Waals surface area contributed by atoms with E-state index in [-0.39, 0.29) is 34.9 Å². The molecular weight excluding hydrogens is 368 g/mol. The molecule has 5 rings (SSSR count). The van der Waals surface area contributed by atoms with Gasteiger partial charge < -0.3 is 19.7 Å². The summed E-state index contributed by atoms with van der Waals surface area (Å²) in [4.78, 5) is 11.4. The highest BCUT2D eigenvalue weighted by Gasteiger charge is 2.70. The lowest BCUT2D eigenvalue weighted by Gasteiger charge is -2.64. The normalized spacial score (nSPS) is 51.8. The Morgan fingerprint density at radius 3 is 2.52 bits per heavy atom. The molecule has 5 heteroatoms. The Morgan fingerprint density at radius 1 is 1.00 bits per heavy atom. The summed E-state index contributed by atoms with van der Waals surface area (Å²) < 4.78 is 5.12. The third-order valence-corrected chi connectivity index (χ3v) is 10.0. The van der Waals surface area contributed by atoms with Crippen LogP contribution in [-0.2, 0) is 0 Å². The van der Waals surface area contributed by atoms with Gasteiger partial charge in [0.05, 0.1) is 24.1 Å². The van der Waals surface area contributed by atoms with E-state index in [4.69, 9.17) is 4.42 Å². The molecule has 0 aliphatic heterocycles. The van der Waals surface area contributed by atoms with E-state index in [1.54, 1.807) is 6.07 Å². The van der Waals surface area contributed by atoms with Crippen LogP contribution in [0.5, 0.6) is 0 Å². The van der Waals surface area contributed by atoms with E-state index in [0.29, 0.717) is 18.8 Å². The van der Waals surface area contributed by atoms with Crippen LogP contribution in [0.3, 0.4) is 0 Å². The van der Waals surface area contributed by atoms with E-state index in [1.165, 1.54) is 12.3 Å². The molecule has 1 aromatic heterocycles. The molecule has 3 N–H and O–H groups in total. The van der Waals surface area contributed by atoms with Crippen LogP contribution in [-0.4, -0.2) is 33.1 Å². The van der Waals surface area contributed by atoms with Crippen molar-refractivity contribution in [1.29, 1.82) is 0 Å². The zero-order valence-electron chi connectivity index (χ0n) is 17.5. The van der Waals surface area contributed by atoms with Crippen LogP contribution in [0.4, 0.5) is 0 Å². The van der Waals surface area contributed by atoms with Gasteiger partial charge >= 0.3 is 5.63 Å². The molecule has 29 heavy (non-hydrogen) atoms. The van der Waals surface area contributed by atoms with Gasteiger partial charge in [-0.15, -0.1) is 0 Å². The first-order chi connectivity index (χ1) is 13.7. The van der Waals surface area contributed by atoms with Gasteiger partial charge in [-0.05, 0) is 92.1 Å². The van der Waals surface area contributed by atoms with Gasteiger partial charge in [-0.2, -0.15) is 0 Å². The molecule has 9 atom stereocenters.